The Labute approximate surface area is 120 Å². The summed E-state index contributed by atoms with van der Waals surface area (Å²) in [5.41, 5.74) is 5.24. The average molecular weight is 267 g/mol. The molecule has 104 valence electrons. The Morgan fingerprint density at radius 2 is 1.85 bits per heavy atom. The maximum absolute atomic E-state index is 4.44. The van der Waals surface area contributed by atoms with Crippen LogP contribution in [0.3, 0.4) is 0 Å². The Morgan fingerprint density at radius 1 is 1.15 bits per heavy atom. The van der Waals surface area contributed by atoms with Crippen molar-refractivity contribution in [3.63, 3.8) is 0 Å². The average Bonchev–Trinajstić information content (AvgIpc) is 2.89. The number of rotatable bonds is 4. The molecule has 2 heterocycles. The quantitative estimate of drug-likeness (QED) is 0.922. The van der Waals surface area contributed by atoms with Crippen molar-refractivity contribution in [3.05, 3.63) is 59.4 Å². The smallest absolute Gasteiger partial charge is 0.0562 e. The number of pyridine rings is 1. The maximum Gasteiger partial charge on any atom is 0.0562 e. The molecule has 0 radical (unpaired) electrons. The lowest BCUT2D eigenvalue weighted by molar-refractivity contribution is 0.581. The van der Waals surface area contributed by atoms with Crippen molar-refractivity contribution < 1.29 is 0 Å². The first-order chi connectivity index (χ1) is 9.72. The van der Waals surface area contributed by atoms with Crippen molar-refractivity contribution >= 4 is 5.69 Å². The SMILES string of the molecule is CC(C)NCc1cc(N2Cc3ccccc3C2)ccn1. The van der Waals surface area contributed by atoms with E-state index < -0.39 is 0 Å². The molecule has 0 bridgehead atoms. The minimum atomic E-state index is 0.483. The molecule has 0 fully saturated rings. The molecule has 0 atom stereocenters. The van der Waals surface area contributed by atoms with E-state index in [0.29, 0.717) is 6.04 Å². The molecule has 1 aromatic heterocycles. The standard InChI is InChI=1S/C17H21N3/c1-13(2)19-10-16-9-17(7-8-18-16)20-11-14-5-3-4-6-15(14)12-20/h3-9,13,19H,10-12H2,1-2H3. The highest BCUT2D eigenvalue weighted by atomic mass is 15.1. The van der Waals surface area contributed by atoms with E-state index >= 15 is 0 Å². The van der Waals surface area contributed by atoms with Gasteiger partial charge >= 0.3 is 0 Å². The maximum atomic E-state index is 4.44. The van der Waals surface area contributed by atoms with Gasteiger partial charge in [-0.2, -0.15) is 0 Å². The van der Waals surface area contributed by atoms with Crippen molar-refractivity contribution in [2.75, 3.05) is 4.90 Å². The summed E-state index contributed by atoms with van der Waals surface area (Å²) in [5.74, 6) is 0. The van der Waals surface area contributed by atoms with Gasteiger partial charge in [-0.15, -0.1) is 0 Å². The van der Waals surface area contributed by atoms with E-state index in [1.807, 2.05) is 6.20 Å². The van der Waals surface area contributed by atoms with E-state index in [0.717, 1.165) is 25.3 Å². The zero-order chi connectivity index (χ0) is 13.9. The summed E-state index contributed by atoms with van der Waals surface area (Å²) < 4.78 is 0. The number of hydrogen-bond acceptors (Lipinski definition) is 3. The Morgan fingerprint density at radius 3 is 2.50 bits per heavy atom. The van der Waals surface area contributed by atoms with Crippen molar-refractivity contribution in [1.82, 2.24) is 10.3 Å². The second-order valence-electron chi connectivity index (χ2n) is 5.67. The van der Waals surface area contributed by atoms with Crippen LogP contribution in [-0.2, 0) is 19.6 Å². The van der Waals surface area contributed by atoms with E-state index in [1.165, 1.54) is 16.8 Å². The first kappa shape index (κ1) is 13.1. The first-order valence-electron chi connectivity index (χ1n) is 7.22. The largest absolute Gasteiger partial charge is 0.363 e. The molecular weight excluding hydrogens is 246 g/mol. The molecule has 0 unspecified atom stereocenters. The molecule has 0 saturated carbocycles. The molecule has 20 heavy (non-hydrogen) atoms. The fourth-order valence-corrected chi connectivity index (χ4v) is 2.58. The van der Waals surface area contributed by atoms with Crippen LogP contribution in [0.2, 0.25) is 0 Å². The molecule has 1 aliphatic rings. The predicted octanol–water partition coefficient (Wildman–Crippen LogP) is 3.10. The first-order valence-corrected chi connectivity index (χ1v) is 7.22. The number of nitrogens with one attached hydrogen (secondary N) is 1. The third-order valence-corrected chi connectivity index (χ3v) is 3.70. The monoisotopic (exact) mass is 267 g/mol. The molecule has 1 N–H and O–H groups in total. The third kappa shape index (κ3) is 2.83. The summed E-state index contributed by atoms with van der Waals surface area (Å²) in [4.78, 5) is 6.85. The molecule has 0 spiro atoms. The van der Waals surface area contributed by atoms with Crippen molar-refractivity contribution in [2.24, 2.45) is 0 Å². The predicted molar refractivity (Wildman–Crippen MR) is 82.5 cm³/mol. The van der Waals surface area contributed by atoms with E-state index in [1.54, 1.807) is 0 Å². The zero-order valence-corrected chi connectivity index (χ0v) is 12.1. The molecule has 1 aliphatic heterocycles. The van der Waals surface area contributed by atoms with E-state index in [4.69, 9.17) is 0 Å². The van der Waals surface area contributed by atoms with Gasteiger partial charge in [0.05, 0.1) is 5.69 Å². The van der Waals surface area contributed by atoms with Crippen LogP contribution in [0.5, 0.6) is 0 Å². The van der Waals surface area contributed by atoms with Crippen LogP contribution in [0.15, 0.2) is 42.6 Å². The molecule has 2 aromatic rings. The van der Waals surface area contributed by atoms with Crippen LogP contribution >= 0.6 is 0 Å². The topological polar surface area (TPSA) is 28.2 Å². The highest BCUT2D eigenvalue weighted by Crippen LogP contribution is 2.27. The molecule has 3 rings (SSSR count). The highest BCUT2D eigenvalue weighted by Gasteiger charge is 2.18. The van der Waals surface area contributed by atoms with E-state index in [9.17, 15) is 0 Å². The Bertz CT molecular complexity index is 567. The van der Waals surface area contributed by atoms with E-state index in [2.05, 4.69) is 65.4 Å². The van der Waals surface area contributed by atoms with Gasteiger partial charge in [0.2, 0.25) is 0 Å². The number of anilines is 1. The minimum Gasteiger partial charge on any atom is -0.363 e. The number of fused-ring (bicyclic) bond motifs is 1. The third-order valence-electron chi connectivity index (χ3n) is 3.70. The van der Waals surface area contributed by atoms with Crippen LogP contribution in [0.1, 0.15) is 30.7 Å². The molecule has 3 heteroatoms. The van der Waals surface area contributed by atoms with Gasteiger partial charge in [-0.3, -0.25) is 4.98 Å². The Kier molecular flexibility index (Phi) is 3.70. The summed E-state index contributed by atoms with van der Waals surface area (Å²) in [6.45, 7) is 7.13. The fourth-order valence-electron chi connectivity index (χ4n) is 2.58. The number of benzene rings is 1. The molecule has 1 aromatic carbocycles. The van der Waals surface area contributed by atoms with Crippen LogP contribution in [0, 0.1) is 0 Å². The molecule has 0 aliphatic carbocycles. The Hall–Kier alpha value is -1.87. The van der Waals surface area contributed by atoms with Crippen molar-refractivity contribution in [3.8, 4) is 0 Å². The summed E-state index contributed by atoms with van der Waals surface area (Å²) in [6, 6.07) is 13.5. The lowest BCUT2D eigenvalue weighted by atomic mass is 10.1. The normalized spacial score (nSPS) is 13.8. The molecule has 3 nitrogen and oxygen atoms in total. The van der Waals surface area contributed by atoms with Gasteiger partial charge in [-0.1, -0.05) is 38.1 Å². The highest BCUT2D eigenvalue weighted by molar-refractivity contribution is 5.52. The summed E-state index contributed by atoms with van der Waals surface area (Å²) >= 11 is 0. The molecule has 0 amide bonds. The molecular formula is C17H21N3. The summed E-state index contributed by atoms with van der Waals surface area (Å²) in [6.07, 6.45) is 1.91. The van der Waals surface area contributed by atoms with Gasteiger partial charge in [0, 0.05) is 37.6 Å². The van der Waals surface area contributed by atoms with Crippen molar-refractivity contribution in [2.45, 2.75) is 39.5 Å². The van der Waals surface area contributed by atoms with Gasteiger partial charge in [0.15, 0.2) is 0 Å². The fraction of sp³-hybridized carbons (Fsp3) is 0.353. The van der Waals surface area contributed by atoms with Gasteiger partial charge < -0.3 is 10.2 Å². The van der Waals surface area contributed by atoms with Crippen LogP contribution in [0.25, 0.3) is 0 Å². The second kappa shape index (κ2) is 5.63. The minimum absolute atomic E-state index is 0.483. The zero-order valence-electron chi connectivity index (χ0n) is 12.1. The number of aromatic nitrogens is 1. The van der Waals surface area contributed by atoms with Gasteiger partial charge in [0.1, 0.15) is 0 Å². The summed E-state index contributed by atoms with van der Waals surface area (Å²) in [7, 11) is 0. The lowest BCUT2D eigenvalue weighted by Gasteiger charge is -2.18. The number of nitrogens with zero attached hydrogens (tertiary/aromatic N) is 2. The Balaban J connectivity index is 1.74. The lowest BCUT2D eigenvalue weighted by Crippen LogP contribution is -2.23. The summed E-state index contributed by atoms with van der Waals surface area (Å²) in [5, 5.41) is 3.42. The van der Waals surface area contributed by atoms with Gasteiger partial charge in [0.25, 0.3) is 0 Å². The second-order valence-corrected chi connectivity index (χ2v) is 5.67. The molecule has 0 saturated heterocycles. The van der Waals surface area contributed by atoms with Crippen LogP contribution in [0.4, 0.5) is 5.69 Å². The van der Waals surface area contributed by atoms with E-state index in [-0.39, 0.29) is 0 Å². The number of hydrogen-bond donors (Lipinski definition) is 1. The van der Waals surface area contributed by atoms with Gasteiger partial charge in [-0.05, 0) is 23.3 Å². The van der Waals surface area contributed by atoms with Gasteiger partial charge in [-0.25, -0.2) is 0 Å². The van der Waals surface area contributed by atoms with Crippen molar-refractivity contribution in [1.29, 1.82) is 0 Å². The van der Waals surface area contributed by atoms with Crippen LogP contribution < -0.4 is 10.2 Å². The van der Waals surface area contributed by atoms with Crippen LogP contribution in [-0.4, -0.2) is 11.0 Å².